The van der Waals surface area contributed by atoms with Crippen LogP contribution in [0.15, 0.2) is 24.3 Å². The smallest absolute Gasteiger partial charge is 0.322 e. The number of hydrogen-bond donors (Lipinski definition) is 2. The Bertz CT molecular complexity index is 664. The number of rotatable bonds is 5. The Labute approximate surface area is 139 Å². The Kier molecular flexibility index (Phi) is 4.78. The minimum atomic E-state index is -0.634. The van der Waals surface area contributed by atoms with Crippen LogP contribution in [0.1, 0.15) is 31.2 Å². The van der Waals surface area contributed by atoms with E-state index in [9.17, 15) is 18.8 Å². The van der Waals surface area contributed by atoms with Crippen molar-refractivity contribution < 1.29 is 18.8 Å². The van der Waals surface area contributed by atoms with Crippen molar-refractivity contribution in [3.05, 3.63) is 35.6 Å². The first-order chi connectivity index (χ1) is 11.5. The van der Waals surface area contributed by atoms with Gasteiger partial charge < -0.3 is 10.2 Å². The van der Waals surface area contributed by atoms with Gasteiger partial charge in [-0.2, -0.15) is 0 Å². The van der Waals surface area contributed by atoms with Crippen molar-refractivity contribution in [2.24, 2.45) is 0 Å². The molecule has 128 valence electrons. The lowest BCUT2D eigenvalue weighted by atomic mass is 10.0. The maximum absolute atomic E-state index is 13.3. The van der Waals surface area contributed by atoms with Gasteiger partial charge in [-0.15, -0.1) is 0 Å². The number of benzene rings is 1. The van der Waals surface area contributed by atoms with Crippen molar-refractivity contribution in [2.45, 2.75) is 44.2 Å². The standard InChI is InChI=1S/C17H20FN3O3/c18-12-4-1-3-11(9-12)10-13-5-2-8-21(13)15(22)7-6-14-16(23)20-17(24)19-14/h1,3-4,9,13-14H,2,5-8,10H2,(H2,19,20,23,24). The van der Waals surface area contributed by atoms with Crippen molar-refractivity contribution in [3.8, 4) is 0 Å². The molecule has 0 saturated carbocycles. The van der Waals surface area contributed by atoms with Gasteiger partial charge in [-0.3, -0.25) is 14.9 Å². The summed E-state index contributed by atoms with van der Waals surface area (Å²) in [6.07, 6.45) is 2.94. The number of urea groups is 1. The van der Waals surface area contributed by atoms with Gasteiger partial charge in [0, 0.05) is 19.0 Å². The van der Waals surface area contributed by atoms with Crippen LogP contribution in [0.25, 0.3) is 0 Å². The molecule has 0 aromatic heterocycles. The molecule has 2 N–H and O–H groups in total. The molecule has 2 saturated heterocycles. The van der Waals surface area contributed by atoms with Crippen LogP contribution in [0.2, 0.25) is 0 Å². The van der Waals surface area contributed by atoms with E-state index >= 15 is 0 Å². The Balaban J connectivity index is 1.55. The molecule has 2 aliphatic heterocycles. The topological polar surface area (TPSA) is 78.5 Å². The highest BCUT2D eigenvalue weighted by atomic mass is 19.1. The lowest BCUT2D eigenvalue weighted by Gasteiger charge is -2.25. The van der Waals surface area contributed by atoms with E-state index in [2.05, 4.69) is 10.6 Å². The number of imide groups is 1. The van der Waals surface area contributed by atoms with E-state index < -0.39 is 12.1 Å². The molecule has 6 nitrogen and oxygen atoms in total. The third-order valence-electron chi connectivity index (χ3n) is 4.56. The van der Waals surface area contributed by atoms with Gasteiger partial charge in [-0.05, 0) is 43.4 Å². The second-order valence-electron chi connectivity index (χ2n) is 6.27. The fraction of sp³-hybridized carbons (Fsp3) is 0.471. The third-order valence-corrected chi connectivity index (χ3v) is 4.56. The highest BCUT2D eigenvalue weighted by molar-refractivity contribution is 6.04. The zero-order valence-electron chi connectivity index (χ0n) is 13.3. The van der Waals surface area contributed by atoms with E-state index in [1.54, 1.807) is 6.07 Å². The number of carbonyl (C=O) groups excluding carboxylic acids is 3. The van der Waals surface area contributed by atoms with Crippen LogP contribution in [0, 0.1) is 5.82 Å². The van der Waals surface area contributed by atoms with Gasteiger partial charge in [0.1, 0.15) is 11.9 Å². The first-order valence-corrected chi connectivity index (χ1v) is 8.18. The van der Waals surface area contributed by atoms with Crippen LogP contribution in [-0.2, 0) is 16.0 Å². The van der Waals surface area contributed by atoms with Gasteiger partial charge in [0.15, 0.2) is 0 Å². The molecular weight excluding hydrogens is 313 g/mol. The van der Waals surface area contributed by atoms with Gasteiger partial charge in [-0.1, -0.05) is 12.1 Å². The van der Waals surface area contributed by atoms with Crippen LogP contribution in [0.4, 0.5) is 9.18 Å². The summed E-state index contributed by atoms with van der Waals surface area (Å²) in [5, 5.41) is 4.65. The second-order valence-corrected chi connectivity index (χ2v) is 6.27. The molecule has 4 amide bonds. The normalized spacial score (nSPS) is 23.3. The summed E-state index contributed by atoms with van der Waals surface area (Å²) in [7, 11) is 0. The summed E-state index contributed by atoms with van der Waals surface area (Å²) >= 11 is 0. The molecule has 2 unspecified atom stereocenters. The molecule has 7 heteroatoms. The van der Waals surface area contributed by atoms with Crippen molar-refractivity contribution in [3.63, 3.8) is 0 Å². The number of halogens is 1. The molecule has 24 heavy (non-hydrogen) atoms. The molecule has 2 fully saturated rings. The maximum atomic E-state index is 13.3. The zero-order valence-corrected chi connectivity index (χ0v) is 13.3. The van der Waals surface area contributed by atoms with Gasteiger partial charge in [0.2, 0.25) is 5.91 Å². The molecule has 0 spiro atoms. The number of amides is 4. The van der Waals surface area contributed by atoms with Crippen LogP contribution < -0.4 is 10.6 Å². The minimum absolute atomic E-state index is 0.0251. The number of nitrogens with zero attached hydrogens (tertiary/aromatic N) is 1. The average Bonchev–Trinajstić information content (AvgIpc) is 3.11. The average molecular weight is 333 g/mol. The molecule has 2 heterocycles. The Morgan fingerprint density at radius 2 is 2.17 bits per heavy atom. The van der Waals surface area contributed by atoms with Crippen molar-refractivity contribution in [2.75, 3.05) is 6.54 Å². The van der Waals surface area contributed by atoms with E-state index in [1.807, 2.05) is 11.0 Å². The molecule has 0 aliphatic carbocycles. The van der Waals surface area contributed by atoms with Gasteiger partial charge >= 0.3 is 6.03 Å². The summed E-state index contributed by atoms with van der Waals surface area (Å²) in [5.41, 5.74) is 0.877. The monoisotopic (exact) mass is 333 g/mol. The first-order valence-electron chi connectivity index (χ1n) is 8.18. The highest BCUT2D eigenvalue weighted by Crippen LogP contribution is 2.23. The SMILES string of the molecule is O=C1NC(=O)C(CCC(=O)N2CCCC2Cc2cccc(F)c2)N1. The molecule has 1 aromatic rings. The highest BCUT2D eigenvalue weighted by Gasteiger charge is 2.32. The number of likely N-dealkylation sites (tertiary alicyclic amines) is 1. The quantitative estimate of drug-likeness (QED) is 0.799. The van der Waals surface area contributed by atoms with E-state index in [0.29, 0.717) is 19.4 Å². The molecule has 2 aliphatic rings. The van der Waals surface area contributed by atoms with Crippen molar-refractivity contribution in [1.29, 1.82) is 0 Å². The summed E-state index contributed by atoms with van der Waals surface area (Å²) in [5.74, 6) is -0.681. The largest absolute Gasteiger partial charge is 0.339 e. The number of hydrogen-bond acceptors (Lipinski definition) is 3. The lowest BCUT2D eigenvalue weighted by molar-refractivity contribution is -0.132. The van der Waals surface area contributed by atoms with E-state index in [4.69, 9.17) is 0 Å². The van der Waals surface area contributed by atoms with Gasteiger partial charge in [0.25, 0.3) is 5.91 Å². The Morgan fingerprint density at radius 3 is 2.88 bits per heavy atom. The molecule has 0 radical (unpaired) electrons. The number of carbonyl (C=O) groups is 3. The predicted octanol–water partition coefficient (Wildman–Crippen LogP) is 1.35. The van der Waals surface area contributed by atoms with E-state index in [1.165, 1.54) is 12.1 Å². The molecule has 3 rings (SSSR count). The summed E-state index contributed by atoms with van der Waals surface area (Å²) in [6, 6.07) is 5.36. The Morgan fingerprint density at radius 1 is 1.33 bits per heavy atom. The lowest BCUT2D eigenvalue weighted by Crippen LogP contribution is -2.38. The second kappa shape index (κ2) is 6.98. The van der Waals surface area contributed by atoms with Crippen LogP contribution in [0.5, 0.6) is 0 Å². The summed E-state index contributed by atoms with van der Waals surface area (Å²) in [4.78, 5) is 36.9. The first kappa shape index (κ1) is 16.4. The van der Waals surface area contributed by atoms with Crippen molar-refractivity contribution in [1.82, 2.24) is 15.5 Å². The molecule has 1 aromatic carbocycles. The van der Waals surface area contributed by atoms with E-state index in [0.717, 1.165) is 18.4 Å². The Hall–Kier alpha value is -2.44. The summed E-state index contributed by atoms with van der Waals surface area (Å²) in [6.45, 7) is 0.683. The molecule has 2 atom stereocenters. The number of nitrogens with one attached hydrogen (secondary N) is 2. The van der Waals surface area contributed by atoms with Crippen LogP contribution >= 0.6 is 0 Å². The third kappa shape index (κ3) is 3.72. The fourth-order valence-electron chi connectivity index (χ4n) is 3.39. The molecule has 0 bridgehead atoms. The minimum Gasteiger partial charge on any atom is -0.339 e. The van der Waals surface area contributed by atoms with Gasteiger partial charge in [0.05, 0.1) is 0 Å². The zero-order chi connectivity index (χ0) is 17.1. The van der Waals surface area contributed by atoms with Crippen molar-refractivity contribution >= 4 is 17.8 Å². The predicted molar refractivity (Wildman–Crippen MR) is 84.5 cm³/mol. The van der Waals surface area contributed by atoms with Crippen LogP contribution in [-0.4, -0.2) is 41.4 Å². The van der Waals surface area contributed by atoms with E-state index in [-0.39, 0.29) is 30.1 Å². The van der Waals surface area contributed by atoms with Crippen LogP contribution in [0.3, 0.4) is 0 Å². The van der Waals surface area contributed by atoms with Gasteiger partial charge in [-0.25, -0.2) is 9.18 Å². The fourth-order valence-corrected chi connectivity index (χ4v) is 3.39. The summed E-state index contributed by atoms with van der Waals surface area (Å²) < 4.78 is 13.3. The molecular formula is C17H20FN3O3. The maximum Gasteiger partial charge on any atom is 0.322 e.